The molecule has 0 aromatic rings. The lowest BCUT2D eigenvalue weighted by atomic mass is 10.3. The number of hydrogen-bond acceptors (Lipinski definition) is 2. The third kappa shape index (κ3) is 5.06. The zero-order valence-corrected chi connectivity index (χ0v) is 8.81. The monoisotopic (exact) mass is 183 g/mol. The third-order valence-electron chi connectivity index (χ3n) is 2.36. The molecule has 0 spiro atoms. The summed E-state index contributed by atoms with van der Waals surface area (Å²) in [5.41, 5.74) is 1.16. The Labute approximate surface area is 81.4 Å². The second-order valence-electron chi connectivity index (χ2n) is 3.94. The van der Waals surface area contributed by atoms with Crippen LogP contribution in [0.1, 0.15) is 33.1 Å². The number of rotatable bonds is 7. The van der Waals surface area contributed by atoms with Gasteiger partial charge in [-0.15, -0.1) is 0 Å². The standard InChI is InChI=1S/C11H21NO/c1-4-10(3)13-8-9(2)7-12-11-5-6-11/h10-12H,2,4-8H2,1,3H3. The Kier molecular flexibility index (Phi) is 4.46. The fourth-order valence-corrected chi connectivity index (χ4v) is 1.01. The lowest BCUT2D eigenvalue weighted by Gasteiger charge is -2.12. The summed E-state index contributed by atoms with van der Waals surface area (Å²) in [6.45, 7) is 9.83. The van der Waals surface area contributed by atoms with Crippen LogP contribution >= 0.6 is 0 Å². The van der Waals surface area contributed by atoms with E-state index < -0.39 is 0 Å². The molecule has 2 heteroatoms. The first-order valence-corrected chi connectivity index (χ1v) is 5.24. The van der Waals surface area contributed by atoms with Crippen molar-refractivity contribution in [3.8, 4) is 0 Å². The van der Waals surface area contributed by atoms with Crippen LogP contribution < -0.4 is 5.32 Å². The Balaban J connectivity index is 1.96. The molecule has 0 aromatic heterocycles. The number of hydrogen-bond donors (Lipinski definition) is 1. The Morgan fingerprint density at radius 2 is 2.31 bits per heavy atom. The molecule has 2 nitrogen and oxygen atoms in total. The van der Waals surface area contributed by atoms with Gasteiger partial charge < -0.3 is 10.1 Å². The minimum Gasteiger partial charge on any atom is -0.374 e. The minimum absolute atomic E-state index is 0.359. The SMILES string of the molecule is C=C(CNC1CC1)COC(C)CC. The second-order valence-corrected chi connectivity index (χ2v) is 3.94. The first-order chi connectivity index (χ1) is 6.22. The van der Waals surface area contributed by atoms with E-state index in [4.69, 9.17) is 4.74 Å². The smallest absolute Gasteiger partial charge is 0.0690 e. The summed E-state index contributed by atoms with van der Waals surface area (Å²) in [6, 6.07) is 0.764. The van der Waals surface area contributed by atoms with Crippen molar-refractivity contribution in [1.82, 2.24) is 5.32 Å². The van der Waals surface area contributed by atoms with Crippen LogP contribution in [-0.4, -0.2) is 25.3 Å². The van der Waals surface area contributed by atoms with Gasteiger partial charge in [0.05, 0.1) is 12.7 Å². The lowest BCUT2D eigenvalue weighted by Crippen LogP contribution is -2.21. The summed E-state index contributed by atoms with van der Waals surface area (Å²) in [4.78, 5) is 0. The summed E-state index contributed by atoms with van der Waals surface area (Å²) in [7, 11) is 0. The predicted molar refractivity (Wildman–Crippen MR) is 55.9 cm³/mol. The van der Waals surface area contributed by atoms with Crippen molar-refractivity contribution in [2.24, 2.45) is 0 Å². The van der Waals surface area contributed by atoms with Crippen molar-refractivity contribution in [1.29, 1.82) is 0 Å². The molecule has 0 saturated heterocycles. The van der Waals surface area contributed by atoms with E-state index in [0.29, 0.717) is 12.7 Å². The average molecular weight is 183 g/mol. The average Bonchev–Trinajstić information content (AvgIpc) is 2.94. The lowest BCUT2D eigenvalue weighted by molar-refractivity contribution is 0.0801. The summed E-state index contributed by atoms with van der Waals surface area (Å²) in [5.74, 6) is 0. The Morgan fingerprint density at radius 3 is 2.85 bits per heavy atom. The van der Waals surface area contributed by atoms with Gasteiger partial charge in [0.2, 0.25) is 0 Å². The molecular formula is C11H21NO. The van der Waals surface area contributed by atoms with E-state index in [9.17, 15) is 0 Å². The molecule has 1 aliphatic carbocycles. The van der Waals surface area contributed by atoms with Gasteiger partial charge in [0.25, 0.3) is 0 Å². The molecule has 1 unspecified atom stereocenters. The largest absolute Gasteiger partial charge is 0.374 e. The fraction of sp³-hybridized carbons (Fsp3) is 0.818. The molecule has 13 heavy (non-hydrogen) atoms. The van der Waals surface area contributed by atoms with Crippen molar-refractivity contribution in [3.63, 3.8) is 0 Å². The van der Waals surface area contributed by atoms with Gasteiger partial charge in [0, 0.05) is 12.6 Å². The molecule has 0 aromatic carbocycles. The molecule has 76 valence electrons. The van der Waals surface area contributed by atoms with Gasteiger partial charge >= 0.3 is 0 Å². The van der Waals surface area contributed by atoms with Crippen molar-refractivity contribution in [2.75, 3.05) is 13.2 Å². The van der Waals surface area contributed by atoms with E-state index in [1.807, 2.05) is 0 Å². The van der Waals surface area contributed by atoms with E-state index >= 15 is 0 Å². The normalized spacial score (nSPS) is 18.6. The first kappa shape index (κ1) is 10.7. The van der Waals surface area contributed by atoms with E-state index in [1.54, 1.807) is 0 Å². The molecule has 1 saturated carbocycles. The molecule has 0 amide bonds. The zero-order valence-electron chi connectivity index (χ0n) is 8.81. The second kappa shape index (κ2) is 5.40. The van der Waals surface area contributed by atoms with Gasteiger partial charge in [-0.2, -0.15) is 0 Å². The van der Waals surface area contributed by atoms with Gasteiger partial charge in [-0.1, -0.05) is 13.5 Å². The van der Waals surface area contributed by atoms with Crippen LogP contribution in [0.4, 0.5) is 0 Å². The van der Waals surface area contributed by atoms with Crippen LogP contribution in [-0.2, 0) is 4.74 Å². The summed E-state index contributed by atoms with van der Waals surface area (Å²) in [5, 5.41) is 3.42. The summed E-state index contributed by atoms with van der Waals surface area (Å²) in [6.07, 6.45) is 4.10. The van der Waals surface area contributed by atoms with Crippen LogP contribution in [0.15, 0.2) is 12.2 Å². The van der Waals surface area contributed by atoms with Gasteiger partial charge in [-0.3, -0.25) is 0 Å². The predicted octanol–water partition coefficient (Wildman–Crippen LogP) is 2.11. The van der Waals surface area contributed by atoms with Gasteiger partial charge in [-0.05, 0) is 31.8 Å². The minimum atomic E-state index is 0.359. The van der Waals surface area contributed by atoms with E-state index in [1.165, 1.54) is 12.8 Å². The van der Waals surface area contributed by atoms with E-state index in [2.05, 4.69) is 25.7 Å². The molecule has 0 bridgehead atoms. The molecule has 1 atom stereocenters. The Hall–Kier alpha value is -0.340. The molecule has 0 aliphatic heterocycles. The highest BCUT2D eigenvalue weighted by Gasteiger charge is 2.19. The Bertz CT molecular complexity index is 163. The number of ether oxygens (including phenoxy) is 1. The molecule has 1 fully saturated rings. The van der Waals surface area contributed by atoms with E-state index in [-0.39, 0.29) is 0 Å². The highest BCUT2D eigenvalue weighted by atomic mass is 16.5. The number of nitrogens with one attached hydrogen (secondary N) is 1. The van der Waals surface area contributed by atoms with Crippen molar-refractivity contribution in [2.45, 2.75) is 45.3 Å². The van der Waals surface area contributed by atoms with Gasteiger partial charge in [-0.25, -0.2) is 0 Å². The summed E-state index contributed by atoms with van der Waals surface area (Å²) >= 11 is 0. The molecular weight excluding hydrogens is 162 g/mol. The van der Waals surface area contributed by atoms with Gasteiger partial charge in [0.1, 0.15) is 0 Å². The molecule has 0 heterocycles. The highest BCUT2D eigenvalue weighted by molar-refractivity contribution is 4.99. The van der Waals surface area contributed by atoms with Crippen molar-refractivity contribution >= 4 is 0 Å². The third-order valence-corrected chi connectivity index (χ3v) is 2.36. The zero-order chi connectivity index (χ0) is 9.68. The van der Waals surface area contributed by atoms with Crippen LogP contribution in [0, 0.1) is 0 Å². The molecule has 0 radical (unpaired) electrons. The van der Waals surface area contributed by atoms with Crippen LogP contribution in [0.5, 0.6) is 0 Å². The Morgan fingerprint density at radius 1 is 1.62 bits per heavy atom. The summed E-state index contributed by atoms with van der Waals surface area (Å²) < 4.78 is 5.57. The van der Waals surface area contributed by atoms with Crippen LogP contribution in [0.2, 0.25) is 0 Å². The van der Waals surface area contributed by atoms with E-state index in [0.717, 1.165) is 24.6 Å². The molecule has 1 aliphatic rings. The first-order valence-electron chi connectivity index (χ1n) is 5.24. The highest BCUT2D eigenvalue weighted by Crippen LogP contribution is 2.18. The van der Waals surface area contributed by atoms with Crippen molar-refractivity contribution < 1.29 is 4.74 Å². The quantitative estimate of drug-likeness (QED) is 0.610. The maximum absolute atomic E-state index is 5.57. The van der Waals surface area contributed by atoms with Crippen molar-refractivity contribution in [3.05, 3.63) is 12.2 Å². The molecule has 1 N–H and O–H groups in total. The topological polar surface area (TPSA) is 21.3 Å². The van der Waals surface area contributed by atoms with Gasteiger partial charge in [0.15, 0.2) is 0 Å². The fourth-order valence-electron chi connectivity index (χ4n) is 1.01. The molecule has 1 rings (SSSR count). The maximum atomic E-state index is 5.57. The van der Waals surface area contributed by atoms with Crippen LogP contribution in [0.25, 0.3) is 0 Å². The van der Waals surface area contributed by atoms with Crippen LogP contribution in [0.3, 0.4) is 0 Å². The maximum Gasteiger partial charge on any atom is 0.0690 e.